The van der Waals surface area contributed by atoms with Crippen molar-refractivity contribution in [2.24, 2.45) is 0 Å². The van der Waals surface area contributed by atoms with Crippen LogP contribution in [-0.4, -0.2) is 31.5 Å². The molecule has 1 aromatic rings. The van der Waals surface area contributed by atoms with Crippen LogP contribution in [0.5, 0.6) is 5.75 Å². The van der Waals surface area contributed by atoms with Crippen LogP contribution >= 0.6 is 0 Å². The van der Waals surface area contributed by atoms with Crippen molar-refractivity contribution in [3.8, 4) is 5.75 Å². The number of nitrogens with zero attached hydrogens (tertiary/aromatic N) is 1. The van der Waals surface area contributed by atoms with Gasteiger partial charge in [-0.05, 0) is 37.1 Å². The number of hydrogen-bond donors (Lipinski definition) is 0. The second kappa shape index (κ2) is 6.84. The predicted octanol–water partition coefficient (Wildman–Crippen LogP) is 2.78. The fourth-order valence-electron chi connectivity index (χ4n) is 1.41. The summed E-state index contributed by atoms with van der Waals surface area (Å²) in [6.07, 6.45) is 2.22. The van der Waals surface area contributed by atoms with Gasteiger partial charge in [-0.3, -0.25) is 4.79 Å². The van der Waals surface area contributed by atoms with Crippen LogP contribution in [0.3, 0.4) is 0 Å². The molecule has 3 heteroatoms. The topological polar surface area (TPSA) is 29.5 Å². The van der Waals surface area contributed by atoms with Crippen molar-refractivity contribution >= 4 is 11.5 Å². The zero-order valence-corrected chi connectivity index (χ0v) is 11.3. The van der Waals surface area contributed by atoms with E-state index in [0.717, 1.165) is 16.9 Å². The molecular formula is C15H20NO2. The quantitative estimate of drug-likeness (QED) is 0.799. The zero-order chi connectivity index (χ0) is 13.5. The van der Waals surface area contributed by atoms with Crippen molar-refractivity contribution in [1.82, 2.24) is 4.90 Å². The number of hydrogen-bond acceptors (Lipinski definition) is 2. The van der Waals surface area contributed by atoms with Gasteiger partial charge in [0.25, 0.3) is 0 Å². The lowest BCUT2D eigenvalue weighted by Gasteiger charge is -2.11. The summed E-state index contributed by atoms with van der Waals surface area (Å²) in [5.41, 5.74) is 2.26. The molecule has 0 aliphatic carbocycles. The van der Waals surface area contributed by atoms with Gasteiger partial charge in [-0.1, -0.05) is 18.2 Å². The Balaban J connectivity index is 2.47. The Morgan fingerprint density at radius 2 is 1.94 bits per heavy atom. The third-order valence-electron chi connectivity index (χ3n) is 2.70. The van der Waals surface area contributed by atoms with Gasteiger partial charge >= 0.3 is 0 Å². The number of carbonyl (C=O) groups excluding carboxylic acids is 1. The smallest absolute Gasteiger partial charge is 0.225 e. The van der Waals surface area contributed by atoms with Crippen LogP contribution in [0.15, 0.2) is 30.3 Å². The summed E-state index contributed by atoms with van der Waals surface area (Å²) in [5, 5.41) is 0. The number of rotatable bonds is 5. The number of amides is 1. The van der Waals surface area contributed by atoms with E-state index in [9.17, 15) is 4.79 Å². The van der Waals surface area contributed by atoms with E-state index in [1.54, 1.807) is 19.0 Å². The fraction of sp³-hybridized carbons (Fsp3) is 0.333. The van der Waals surface area contributed by atoms with Gasteiger partial charge in [0.05, 0.1) is 13.0 Å². The van der Waals surface area contributed by atoms with Crippen LogP contribution < -0.4 is 4.74 Å². The molecule has 0 atom stereocenters. The lowest BCUT2D eigenvalue weighted by Crippen LogP contribution is -2.23. The fourth-order valence-corrected chi connectivity index (χ4v) is 1.41. The van der Waals surface area contributed by atoms with Gasteiger partial charge in [-0.25, -0.2) is 0 Å². The van der Waals surface area contributed by atoms with Gasteiger partial charge in [0.15, 0.2) is 0 Å². The summed E-state index contributed by atoms with van der Waals surface area (Å²) in [5.74, 6) is 0.852. The lowest BCUT2D eigenvalue weighted by molar-refractivity contribution is -0.129. The Labute approximate surface area is 109 Å². The Bertz CT molecular complexity index is 419. The van der Waals surface area contributed by atoms with Gasteiger partial charge in [-0.15, -0.1) is 0 Å². The molecule has 0 fully saturated rings. The van der Waals surface area contributed by atoms with Gasteiger partial charge < -0.3 is 9.64 Å². The Hall–Kier alpha value is -1.77. The highest BCUT2D eigenvalue weighted by Crippen LogP contribution is 2.18. The van der Waals surface area contributed by atoms with Crippen LogP contribution in [0.1, 0.15) is 18.9 Å². The molecule has 18 heavy (non-hydrogen) atoms. The standard InChI is InChI=1S/C15H20NO2/c1-5-12(2)13-6-8-14(9-7-13)18-11-10-15(17)16(3)4/h5-9H,1,10-11H2,2-4H3. The molecule has 0 saturated carbocycles. The van der Waals surface area contributed by atoms with Crippen LogP contribution in [0.2, 0.25) is 0 Å². The van der Waals surface area contributed by atoms with E-state index in [2.05, 4.69) is 6.92 Å². The van der Waals surface area contributed by atoms with E-state index in [0.29, 0.717) is 13.0 Å². The van der Waals surface area contributed by atoms with Crippen LogP contribution in [0.4, 0.5) is 0 Å². The second-order valence-electron chi connectivity index (χ2n) is 4.30. The molecule has 1 rings (SSSR count). The van der Waals surface area contributed by atoms with E-state index in [1.165, 1.54) is 0 Å². The molecule has 0 spiro atoms. The molecule has 1 radical (unpaired) electrons. The summed E-state index contributed by atoms with van der Waals surface area (Å²) in [7, 11) is 3.48. The molecule has 0 unspecified atom stereocenters. The molecular weight excluding hydrogens is 226 g/mol. The summed E-state index contributed by atoms with van der Waals surface area (Å²) < 4.78 is 5.51. The first kappa shape index (κ1) is 14.3. The summed E-state index contributed by atoms with van der Waals surface area (Å²) in [6.45, 7) is 6.15. The molecule has 97 valence electrons. The van der Waals surface area contributed by atoms with Gasteiger partial charge in [0, 0.05) is 14.1 Å². The van der Waals surface area contributed by atoms with Gasteiger partial charge in [0.1, 0.15) is 5.75 Å². The van der Waals surface area contributed by atoms with Crippen LogP contribution in [-0.2, 0) is 4.79 Å². The first-order valence-corrected chi connectivity index (χ1v) is 5.94. The largest absolute Gasteiger partial charge is 0.493 e. The summed E-state index contributed by atoms with van der Waals surface area (Å²) in [4.78, 5) is 12.9. The van der Waals surface area contributed by atoms with Gasteiger partial charge in [0.2, 0.25) is 5.91 Å². The normalized spacial score (nSPS) is 11.2. The third kappa shape index (κ3) is 4.24. The predicted molar refractivity (Wildman–Crippen MR) is 74.3 cm³/mol. The molecule has 0 aliphatic rings. The SMILES string of the molecule is [CH2]C=C(C)c1ccc(OCCC(=O)N(C)C)cc1. The minimum Gasteiger partial charge on any atom is -0.493 e. The van der Waals surface area contributed by atoms with Crippen molar-refractivity contribution in [1.29, 1.82) is 0 Å². The average Bonchev–Trinajstić information content (AvgIpc) is 2.38. The first-order chi connectivity index (χ1) is 8.54. The number of ether oxygens (including phenoxy) is 1. The molecule has 1 aromatic carbocycles. The Morgan fingerprint density at radius 1 is 1.33 bits per heavy atom. The molecule has 1 amide bonds. The number of benzene rings is 1. The molecule has 0 aliphatic heterocycles. The zero-order valence-electron chi connectivity index (χ0n) is 11.3. The highest BCUT2D eigenvalue weighted by molar-refractivity contribution is 5.75. The van der Waals surface area contributed by atoms with E-state index < -0.39 is 0 Å². The van der Waals surface area contributed by atoms with E-state index >= 15 is 0 Å². The van der Waals surface area contributed by atoms with Crippen molar-refractivity contribution in [3.63, 3.8) is 0 Å². The second-order valence-corrected chi connectivity index (χ2v) is 4.30. The summed E-state index contributed by atoms with van der Waals surface area (Å²) in [6, 6.07) is 7.78. The minimum absolute atomic E-state index is 0.0717. The molecule has 0 aromatic heterocycles. The van der Waals surface area contributed by atoms with Crippen LogP contribution in [0.25, 0.3) is 5.57 Å². The maximum Gasteiger partial charge on any atom is 0.225 e. The molecule has 0 heterocycles. The minimum atomic E-state index is 0.0717. The maximum atomic E-state index is 11.3. The molecule has 0 saturated heterocycles. The highest BCUT2D eigenvalue weighted by Gasteiger charge is 2.04. The van der Waals surface area contributed by atoms with Crippen molar-refractivity contribution < 1.29 is 9.53 Å². The maximum absolute atomic E-state index is 11.3. The first-order valence-electron chi connectivity index (χ1n) is 5.94. The van der Waals surface area contributed by atoms with Crippen molar-refractivity contribution in [2.45, 2.75) is 13.3 Å². The number of allylic oxidation sites excluding steroid dienone is 2. The Morgan fingerprint density at radius 3 is 2.44 bits per heavy atom. The third-order valence-corrected chi connectivity index (χ3v) is 2.70. The van der Waals surface area contributed by atoms with E-state index in [-0.39, 0.29) is 5.91 Å². The van der Waals surface area contributed by atoms with Crippen molar-refractivity contribution in [2.75, 3.05) is 20.7 Å². The highest BCUT2D eigenvalue weighted by atomic mass is 16.5. The lowest BCUT2D eigenvalue weighted by atomic mass is 10.1. The average molecular weight is 246 g/mol. The van der Waals surface area contributed by atoms with Crippen molar-refractivity contribution in [3.05, 3.63) is 42.8 Å². The monoisotopic (exact) mass is 246 g/mol. The van der Waals surface area contributed by atoms with E-state index in [4.69, 9.17) is 4.74 Å². The number of carbonyl (C=O) groups is 1. The molecule has 0 N–H and O–H groups in total. The summed E-state index contributed by atoms with van der Waals surface area (Å²) >= 11 is 0. The van der Waals surface area contributed by atoms with Crippen LogP contribution in [0, 0.1) is 6.92 Å². The molecule has 3 nitrogen and oxygen atoms in total. The Kier molecular flexibility index (Phi) is 5.43. The van der Waals surface area contributed by atoms with Gasteiger partial charge in [-0.2, -0.15) is 0 Å². The van der Waals surface area contributed by atoms with E-state index in [1.807, 2.05) is 37.3 Å². The molecule has 0 bridgehead atoms.